The minimum atomic E-state index is -0.588. The minimum Gasteiger partial charge on any atom is -0.482 e. The number of esters is 2. The largest absolute Gasteiger partial charge is 0.482 e. The monoisotopic (exact) mass is 425 g/mol. The Kier molecular flexibility index (Phi) is 7.10. The summed E-state index contributed by atoms with van der Waals surface area (Å²) in [6.45, 7) is -0.742. The molecule has 0 unspecified atom stereocenters. The molecule has 9 nitrogen and oxygen atoms in total. The van der Waals surface area contributed by atoms with Crippen molar-refractivity contribution in [3.63, 3.8) is 0 Å². The highest BCUT2D eigenvalue weighted by atomic mass is 16.6. The maximum absolute atomic E-state index is 13.0. The molecule has 2 aromatic carbocycles. The highest BCUT2D eigenvalue weighted by Gasteiger charge is 2.21. The van der Waals surface area contributed by atoms with Gasteiger partial charge in [-0.3, -0.25) is 4.79 Å². The number of hydrogen-bond acceptors (Lipinski definition) is 8. The Bertz CT molecular complexity index is 1110. The smallest absolute Gasteiger partial charge is 0.343 e. The molecule has 0 amide bonds. The number of hydrogen-bond donors (Lipinski definition) is 0. The molecule has 160 valence electrons. The Balaban J connectivity index is 1.84. The average molecular weight is 425 g/mol. The predicted octanol–water partition coefficient (Wildman–Crippen LogP) is 1.51. The van der Waals surface area contributed by atoms with E-state index in [-0.39, 0.29) is 42.6 Å². The van der Waals surface area contributed by atoms with Gasteiger partial charge in [-0.05, 0) is 29.4 Å². The Hall–Kier alpha value is -4.01. The highest BCUT2D eigenvalue weighted by Crippen LogP contribution is 2.25. The molecule has 0 atom stereocenters. The van der Waals surface area contributed by atoms with Gasteiger partial charge in [0.1, 0.15) is 17.7 Å². The second-order valence-electron chi connectivity index (χ2n) is 6.41. The van der Waals surface area contributed by atoms with Crippen LogP contribution in [0.15, 0.2) is 54.9 Å². The number of ether oxygens (including phenoxy) is 4. The fourth-order valence-electron chi connectivity index (χ4n) is 2.73. The van der Waals surface area contributed by atoms with E-state index in [2.05, 4.69) is 14.6 Å². The fourth-order valence-corrected chi connectivity index (χ4v) is 2.73. The number of carbonyl (C=O) groups excluding carboxylic acids is 3. The zero-order valence-electron chi connectivity index (χ0n) is 17.1. The molecule has 0 saturated heterocycles. The second kappa shape index (κ2) is 10.1. The van der Waals surface area contributed by atoms with Crippen molar-refractivity contribution < 1.29 is 38.0 Å². The molecule has 31 heavy (non-hydrogen) atoms. The number of rotatable bonds is 9. The second-order valence-corrected chi connectivity index (χ2v) is 6.41. The zero-order valence-corrected chi connectivity index (χ0v) is 17.1. The summed E-state index contributed by atoms with van der Waals surface area (Å²) in [5, 5.41) is 6.15. The maximum Gasteiger partial charge on any atom is 0.343 e. The average Bonchev–Trinajstić information content (AvgIpc) is 2.80. The van der Waals surface area contributed by atoms with Gasteiger partial charge in [-0.25, -0.2) is 9.59 Å². The van der Waals surface area contributed by atoms with Crippen LogP contribution >= 0.6 is 0 Å². The molecule has 9 heteroatoms. The van der Waals surface area contributed by atoms with E-state index in [4.69, 9.17) is 9.47 Å². The molecule has 1 heterocycles. The number of carbonyl (C=O) groups is 3. The van der Waals surface area contributed by atoms with E-state index in [1.54, 1.807) is 12.4 Å². The van der Waals surface area contributed by atoms with Gasteiger partial charge in [0, 0.05) is 10.8 Å². The Morgan fingerprint density at radius 2 is 1.58 bits per heavy atom. The van der Waals surface area contributed by atoms with Gasteiger partial charge >= 0.3 is 11.9 Å². The van der Waals surface area contributed by atoms with Crippen LogP contribution in [0.5, 0.6) is 11.5 Å². The van der Waals surface area contributed by atoms with Crippen molar-refractivity contribution in [1.29, 1.82) is 0 Å². The quantitative estimate of drug-likeness (QED) is 0.289. The number of aromatic nitrogens is 2. The number of benzene rings is 2. The summed E-state index contributed by atoms with van der Waals surface area (Å²) in [7, 11) is 2.49. The Morgan fingerprint density at radius 3 is 2.29 bits per heavy atom. The summed E-state index contributed by atoms with van der Waals surface area (Å²) in [4.78, 5) is 35.8. The molecule has 0 radical (unpaired) electrons. The summed E-state index contributed by atoms with van der Waals surface area (Å²) in [6.07, 6.45) is 3.44. The van der Waals surface area contributed by atoms with Crippen molar-refractivity contribution in [3.8, 4) is 11.5 Å². The molecule has 0 N–H and O–H groups in total. The molecular weight excluding hydrogens is 404 g/mol. The van der Waals surface area contributed by atoms with Gasteiger partial charge in [-0.1, -0.05) is 22.9 Å². The van der Waals surface area contributed by atoms with E-state index < -0.39 is 11.9 Å². The molecule has 0 fully saturated rings. The van der Waals surface area contributed by atoms with Crippen LogP contribution in [-0.2, 0) is 25.6 Å². The van der Waals surface area contributed by atoms with Crippen LogP contribution in [-0.4, -0.2) is 50.3 Å². The van der Waals surface area contributed by atoms with Crippen LogP contribution in [0.4, 0.5) is 0 Å². The van der Waals surface area contributed by atoms with E-state index in [1.165, 1.54) is 37.1 Å². The topological polar surface area (TPSA) is 105 Å². The Morgan fingerprint density at radius 1 is 0.903 bits per heavy atom. The number of nitrogens with zero attached hydrogens (tertiary/aromatic N) is 2. The van der Waals surface area contributed by atoms with Crippen molar-refractivity contribution in [1.82, 2.24) is 5.10 Å². The lowest BCUT2D eigenvalue weighted by Crippen LogP contribution is -2.41. The van der Waals surface area contributed by atoms with E-state index in [0.29, 0.717) is 0 Å². The van der Waals surface area contributed by atoms with Gasteiger partial charge in [0.2, 0.25) is 18.5 Å². The van der Waals surface area contributed by atoms with Crippen LogP contribution in [0.25, 0.3) is 10.8 Å². The van der Waals surface area contributed by atoms with Gasteiger partial charge in [-0.15, -0.1) is 0 Å². The third-order valence-electron chi connectivity index (χ3n) is 4.34. The lowest BCUT2D eigenvalue weighted by atomic mass is 10.1. The lowest BCUT2D eigenvalue weighted by molar-refractivity contribution is -0.740. The lowest BCUT2D eigenvalue weighted by Gasteiger charge is -2.11. The van der Waals surface area contributed by atoms with Crippen LogP contribution in [0, 0.1) is 0 Å². The van der Waals surface area contributed by atoms with Crippen molar-refractivity contribution >= 4 is 28.5 Å². The first kappa shape index (κ1) is 21.7. The Labute approximate surface area is 178 Å². The third-order valence-corrected chi connectivity index (χ3v) is 4.34. The molecule has 0 bridgehead atoms. The predicted molar refractivity (Wildman–Crippen MR) is 108 cm³/mol. The van der Waals surface area contributed by atoms with Gasteiger partial charge < -0.3 is 18.9 Å². The summed E-state index contributed by atoms with van der Waals surface area (Å²) in [6, 6.07) is 12.1. The normalized spacial score (nSPS) is 10.4. The van der Waals surface area contributed by atoms with E-state index in [9.17, 15) is 14.4 Å². The first-order chi connectivity index (χ1) is 15.0. The summed E-state index contributed by atoms with van der Waals surface area (Å²) in [5.41, 5.74) is 0.175. The molecule has 0 saturated carbocycles. The van der Waals surface area contributed by atoms with Crippen molar-refractivity contribution in [2.45, 2.75) is 6.54 Å². The highest BCUT2D eigenvalue weighted by molar-refractivity contribution is 5.98. The summed E-state index contributed by atoms with van der Waals surface area (Å²) in [5.74, 6) is -1.01. The number of ketones is 1. The molecule has 0 aliphatic carbocycles. The number of methoxy groups -OCH3 is 2. The van der Waals surface area contributed by atoms with Crippen LogP contribution in [0.3, 0.4) is 0 Å². The van der Waals surface area contributed by atoms with Crippen LogP contribution in [0.1, 0.15) is 10.4 Å². The van der Waals surface area contributed by atoms with Crippen LogP contribution in [0.2, 0.25) is 0 Å². The molecule has 0 aliphatic heterocycles. The molecule has 1 aromatic heterocycles. The van der Waals surface area contributed by atoms with Crippen molar-refractivity contribution in [2.24, 2.45) is 0 Å². The van der Waals surface area contributed by atoms with Crippen LogP contribution < -0.4 is 14.2 Å². The van der Waals surface area contributed by atoms with E-state index in [0.717, 1.165) is 10.8 Å². The van der Waals surface area contributed by atoms with Crippen molar-refractivity contribution in [3.05, 3.63) is 60.4 Å². The maximum atomic E-state index is 13.0. The number of fused-ring (bicyclic) bond motifs is 1. The summed E-state index contributed by atoms with van der Waals surface area (Å²) < 4.78 is 21.4. The fraction of sp³-hybridized carbons (Fsp3) is 0.227. The molecule has 3 rings (SSSR count). The van der Waals surface area contributed by atoms with Gasteiger partial charge in [-0.2, -0.15) is 0 Å². The SMILES string of the molecule is COC(=O)COc1ccc(OCC(=O)OC)c(C(=O)C[n+]2cc3ccccc3cn2)c1. The minimum absolute atomic E-state index is 0.0696. The summed E-state index contributed by atoms with van der Waals surface area (Å²) >= 11 is 0. The first-order valence-corrected chi connectivity index (χ1v) is 9.31. The third kappa shape index (κ3) is 5.75. The molecule has 0 spiro atoms. The molecule has 0 aliphatic rings. The van der Waals surface area contributed by atoms with Gasteiger partial charge in [0.15, 0.2) is 13.2 Å². The van der Waals surface area contributed by atoms with Gasteiger partial charge in [0.25, 0.3) is 0 Å². The molecular formula is C22H21N2O7+. The van der Waals surface area contributed by atoms with Gasteiger partial charge in [0.05, 0.1) is 19.8 Å². The van der Waals surface area contributed by atoms with Crippen molar-refractivity contribution in [2.75, 3.05) is 27.4 Å². The van der Waals surface area contributed by atoms with E-state index in [1.807, 2.05) is 24.3 Å². The zero-order chi connectivity index (χ0) is 22.2. The standard InChI is InChI=1S/C22H21N2O7/c1-28-21(26)13-30-17-7-8-20(31-14-22(27)29-2)18(9-17)19(25)12-24-11-16-6-4-3-5-15(16)10-23-24/h3-11H,12-14H2,1-2H3/q+1. The molecule has 3 aromatic rings. The van der Waals surface area contributed by atoms with E-state index >= 15 is 0 Å². The number of Topliss-reactive ketones (excluding diaryl/α,β-unsaturated/α-hetero) is 1. The first-order valence-electron chi connectivity index (χ1n) is 9.31.